The fraction of sp³-hybridized carbons (Fsp3) is 0.350. The molecule has 1 saturated heterocycles. The Balaban J connectivity index is 1.80. The zero-order valence-electron chi connectivity index (χ0n) is 15.6. The van der Waals surface area contributed by atoms with Crippen molar-refractivity contribution in [3.63, 3.8) is 0 Å². The maximum absolute atomic E-state index is 12.3. The number of hydrogen-bond acceptors (Lipinski definition) is 4. The number of aromatic nitrogens is 1. The van der Waals surface area contributed by atoms with E-state index in [2.05, 4.69) is 20.9 Å². The molecule has 6 nitrogen and oxygen atoms in total. The van der Waals surface area contributed by atoms with E-state index in [0.29, 0.717) is 16.6 Å². The second kappa shape index (κ2) is 8.90. The third-order valence-electron chi connectivity index (χ3n) is 4.55. The highest BCUT2D eigenvalue weighted by atomic mass is 35.5. The molecule has 0 saturated carbocycles. The summed E-state index contributed by atoms with van der Waals surface area (Å²) in [6.07, 6.45) is 3.06. The van der Waals surface area contributed by atoms with Crippen LogP contribution < -0.4 is 16.0 Å². The average molecular weight is 421 g/mol. The van der Waals surface area contributed by atoms with Crippen LogP contribution in [0.25, 0.3) is 0 Å². The molecule has 2 unspecified atom stereocenters. The number of hydrogen-bond donors (Lipinski definition) is 3. The molecule has 2 atom stereocenters. The molecular formula is C20H22Cl2N4O2. The van der Waals surface area contributed by atoms with Crippen LogP contribution in [0.4, 0.5) is 0 Å². The van der Waals surface area contributed by atoms with Crippen molar-refractivity contribution in [3.8, 4) is 0 Å². The van der Waals surface area contributed by atoms with Crippen molar-refractivity contribution < 1.29 is 9.59 Å². The number of rotatable bonds is 5. The molecule has 1 aliphatic heterocycles. The summed E-state index contributed by atoms with van der Waals surface area (Å²) in [5.41, 5.74) is 2.48. The normalized spacial score (nSPS) is 19.4. The lowest BCUT2D eigenvalue weighted by Gasteiger charge is -2.32. The minimum Gasteiger partial charge on any atom is -0.352 e. The first-order valence-corrected chi connectivity index (χ1v) is 9.81. The summed E-state index contributed by atoms with van der Waals surface area (Å²) in [7, 11) is 0. The smallest absolute Gasteiger partial charge is 0.223 e. The maximum atomic E-state index is 12.3. The second-order valence-electron chi connectivity index (χ2n) is 7.09. The third-order valence-corrected chi connectivity index (χ3v) is 5.10. The summed E-state index contributed by atoms with van der Waals surface area (Å²) in [6.45, 7) is 4.08. The molecule has 1 fully saturated rings. The standard InChI is InChI=1S/C20H22Cl2N4O2/c1-11(2)20(28)24-8-12-3-4-16(22)15(5-12)19-25-17(7-18(27)26-19)13-6-14(21)10-23-9-13/h3-6,9-11,17,19,25H,7-8H2,1-2H3,(H,24,28)(H,26,27). The topological polar surface area (TPSA) is 83.1 Å². The first-order chi connectivity index (χ1) is 13.3. The summed E-state index contributed by atoms with van der Waals surface area (Å²) in [6, 6.07) is 7.08. The molecule has 1 aromatic heterocycles. The van der Waals surface area contributed by atoms with Gasteiger partial charge in [0, 0.05) is 47.9 Å². The average Bonchev–Trinajstić information content (AvgIpc) is 2.66. The van der Waals surface area contributed by atoms with E-state index in [9.17, 15) is 9.59 Å². The van der Waals surface area contributed by atoms with E-state index in [1.165, 1.54) is 0 Å². The van der Waals surface area contributed by atoms with Gasteiger partial charge in [0.15, 0.2) is 0 Å². The van der Waals surface area contributed by atoms with Crippen LogP contribution in [0.3, 0.4) is 0 Å². The Hall–Kier alpha value is -2.15. The molecule has 3 rings (SSSR count). The number of halogens is 2. The van der Waals surface area contributed by atoms with Crippen LogP contribution in [-0.2, 0) is 16.1 Å². The zero-order valence-corrected chi connectivity index (χ0v) is 17.1. The Morgan fingerprint density at radius 2 is 2.07 bits per heavy atom. The van der Waals surface area contributed by atoms with Gasteiger partial charge in [-0.15, -0.1) is 0 Å². The van der Waals surface area contributed by atoms with Gasteiger partial charge in [0.2, 0.25) is 11.8 Å². The molecule has 28 heavy (non-hydrogen) atoms. The Morgan fingerprint density at radius 3 is 2.79 bits per heavy atom. The number of carbonyl (C=O) groups excluding carboxylic acids is 2. The number of pyridine rings is 1. The highest BCUT2D eigenvalue weighted by molar-refractivity contribution is 6.31. The van der Waals surface area contributed by atoms with Gasteiger partial charge >= 0.3 is 0 Å². The van der Waals surface area contributed by atoms with Crippen molar-refractivity contribution in [2.75, 3.05) is 0 Å². The van der Waals surface area contributed by atoms with Crippen LogP contribution in [0.5, 0.6) is 0 Å². The predicted molar refractivity (Wildman–Crippen MR) is 109 cm³/mol. The molecule has 0 bridgehead atoms. The number of carbonyl (C=O) groups is 2. The monoisotopic (exact) mass is 420 g/mol. The van der Waals surface area contributed by atoms with Gasteiger partial charge in [-0.1, -0.05) is 43.1 Å². The van der Waals surface area contributed by atoms with Crippen molar-refractivity contribution in [1.29, 1.82) is 0 Å². The molecule has 2 heterocycles. The minimum atomic E-state index is -0.460. The Labute approximate surface area is 174 Å². The number of benzene rings is 1. The van der Waals surface area contributed by atoms with Gasteiger partial charge in [-0.05, 0) is 29.3 Å². The lowest BCUT2D eigenvalue weighted by Crippen LogP contribution is -2.46. The van der Waals surface area contributed by atoms with Gasteiger partial charge in [0.05, 0.1) is 5.02 Å². The van der Waals surface area contributed by atoms with Crippen LogP contribution in [0.2, 0.25) is 10.0 Å². The van der Waals surface area contributed by atoms with Crippen molar-refractivity contribution in [3.05, 3.63) is 63.4 Å². The van der Waals surface area contributed by atoms with Gasteiger partial charge in [0.1, 0.15) is 6.17 Å². The van der Waals surface area contributed by atoms with Gasteiger partial charge in [-0.3, -0.25) is 19.9 Å². The lowest BCUT2D eigenvalue weighted by atomic mass is 9.99. The fourth-order valence-corrected chi connectivity index (χ4v) is 3.43. The van der Waals surface area contributed by atoms with Crippen molar-refractivity contribution >= 4 is 35.0 Å². The van der Waals surface area contributed by atoms with Crippen molar-refractivity contribution in [1.82, 2.24) is 20.9 Å². The van der Waals surface area contributed by atoms with E-state index in [1.807, 2.05) is 26.0 Å². The molecule has 0 spiro atoms. The predicted octanol–water partition coefficient (Wildman–Crippen LogP) is 3.51. The Bertz CT molecular complexity index is 888. The van der Waals surface area contributed by atoms with E-state index in [1.54, 1.807) is 24.5 Å². The zero-order chi connectivity index (χ0) is 20.3. The number of nitrogens with zero attached hydrogens (tertiary/aromatic N) is 1. The highest BCUT2D eigenvalue weighted by Crippen LogP contribution is 2.30. The quantitative estimate of drug-likeness (QED) is 0.690. The first-order valence-electron chi connectivity index (χ1n) is 9.05. The van der Waals surface area contributed by atoms with E-state index in [0.717, 1.165) is 16.7 Å². The molecule has 3 N–H and O–H groups in total. The Morgan fingerprint density at radius 1 is 1.29 bits per heavy atom. The van der Waals surface area contributed by atoms with Gasteiger partial charge < -0.3 is 10.6 Å². The summed E-state index contributed by atoms with van der Waals surface area (Å²) in [5, 5.41) is 10.2. The highest BCUT2D eigenvalue weighted by Gasteiger charge is 2.29. The largest absolute Gasteiger partial charge is 0.352 e. The summed E-state index contributed by atoms with van der Waals surface area (Å²) in [4.78, 5) is 28.2. The fourth-order valence-electron chi connectivity index (χ4n) is 3.03. The second-order valence-corrected chi connectivity index (χ2v) is 7.93. The number of amides is 2. The summed E-state index contributed by atoms with van der Waals surface area (Å²) >= 11 is 12.4. The molecule has 0 aliphatic carbocycles. The number of nitrogens with one attached hydrogen (secondary N) is 3. The summed E-state index contributed by atoms with van der Waals surface area (Å²) in [5.74, 6) is -0.199. The molecular weight excluding hydrogens is 399 g/mol. The Kier molecular flexibility index (Phi) is 6.54. The maximum Gasteiger partial charge on any atom is 0.223 e. The van der Waals surface area contributed by atoms with Crippen LogP contribution >= 0.6 is 23.2 Å². The van der Waals surface area contributed by atoms with Crippen LogP contribution in [-0.4, -0.2) is 16.8 Å². The van der Waals surface area contributed by atoms with Crippen LogP contribution in [0, 0.1) is 5.92 Å². The van der Waals surface area contributed by atoms with Gasteiger partial charge in [0.25, 0.3) is 0 Å². The third kappa shape index (κ3) is 5.01. The van der Waals surface area contributed by atoms with Gasteiger partial charge in [-0.25, -0.2) is 0 Å². The molecule has 1 aliphatic rings. The SMILES string of the molecule is CC(C)C(=O)NCc1ccc(Cl)c(C2NC(=O)CC(c3cncc(Cl)c3)N2)c1. The molecule has 2 aromatic rings. The van der Waals surface area contributed by atoms with Crippen molar-refractivity contribution in [2.24, 2.45) is 5.92 Å². The molecule has 2 amide bonds. The van der Waals surface area contributed by atoms with Crippen molar-refractivity contribution in [2.45, 2.75) is 39.0 Å². The van der Waals surface area contributed by atoms with Crippen LogP contribution in [0.15, 0.2) is 36.7 Å². The van der Waals surface area contributed by atoms with Gasteiger partial charge in [-0.2, -0.15) is 0 Å². The van der Waals surface area contributed by atoms with E-state index in [4.69, 9.17) is 23.2 Å². The molecule has 1 aromatic carbocycles. The molecule has 8 heteroatoms. The molecule has 148 valence electrons. The first kappa shape index (κ1) is 20.6. The van der Waals surface area contributed by atoms with E-state index >= 15 is 0 Å². The lowest BCUT2D eigenvalue weighted by molar-refractivity contribution is -0.125. The van der Waals surface area contributed by atoms with Crippen LogP contribution in [0.1, 0.15) is 49.2 Å². The minimum absolute atomic E-state index is 0.0193. The summed E-state index contributed by atoms with van der Waals surface area (Å²) < 4.78 is 0. The molecule has 0 radical (unpaired) electrons. The van der Waals surface area contributed by atoms with E-state index < -0.39 is 6.17 Å². The van der Waals surface area contributed by atoms with E-state index in [-0.39, 0.29) is 30.2 Å².